The molecule has 0 unspecified atom stereocenters. The van der Waals surface area contributed by atoms with Crippen molar-refractivity contribution in [3.63, 3.8) is 0 Å². The highest BCUT2D eigenvalue weighted by Crippen LogP contribution is 2.31. The van der Waals surface area contributed by atoms with Crippen LogP contribution in [0.15, 0.2) is 30.5 Å². The molecule has 2 aromatic heterocycles. The van der Waals surface area contributed by atoms with E-state index in [1.54, 1.807) is 20.0 Å². The largest absolute Gasteiger partial charge is 0.363 e. The van der Waals surface area contributed by atoms with E-state index in [1.807, 2.05) is 6.07 Å². The molecular formula is C24H27F3N6O. The summed E-state index contributed by atoms with van der Waals surface area (Å²) in [5.74, 6) is 0.790. The van der Waals surface area contributed by atoms with Crippen LogP contribution in [0.2, 0.25) is 0 Å². The molecule has 0 spiro atoms. The van der Waals surface area contributed by atoms with Crippen molar-refractivity contribution in [3.8, 4) is 0 Å². The van der Waals surface area contributed by atoms with E-state index >= 15 is 0 Å². The average Bonchev–Trinajstić information content (AvgIpc) is 2.79. The van der Waals surface area contributed by atoms with E-state index in [4.69, 9.17) is 0 Å². The molecule has 0 radical (unpaired) electrons. The zero-order chi connectivity index (χ0) is 24.4. The number of hydrogen-bond donors (Lipinski definition) is 2. The van der Waals surface area contributed by atoms with Crippen molar-refractivity contribution in [2.24, 2.45) is 0 Å². The number of carbonyl (C=O) groups excluding carboxylic acids is 1. The third-order valence-electron chi connectivity index (χ3n) is 6.02. The fourth-order valence-electron chi connectivity index (χ4n) is 4.31. The summed E-state index contributed by atoms with van der Waals surface area (Å²) in [5, 5.41) is 6.84. The predicted molar refractivity (Wildman–Crippen MR) is 125 cm³/mol. The summed E-state index contributed by atoms with van der Waals surface area (Å²) in [6.45, 7) is 6.44. The Balaban J connectivity index is 1.61. The van der Waals surface area contributed by atoms with Gasteiger partial charge in [-0.15, -0.1) is 0 Å². The number of piperidine rings is 1. The van der Waals surface area contributed by atoms with Crippen LogP contribution in [-0.2, 0) is 4.79 Å². The van der Waals surface area contributed by atoms with Gasteiger partial charge in [-0.3, -0.25) is 4.79 Å². The summed E-state index contributed by atoms with van der Waals surface area (Å²) >= 11 is 0. The van der Waals surface area contributed by atoms with Gasteiger partial charge in [-0.2, -0.15) is 0 Å². The van der Waals surface area contributed by atoms with Crippen molar-refractivity contribution in [1.29, 1.82) is 0 Å². The number of amides is 1. The van der Waals surface area contributed by atoms with Crippen LogP contribution < -0.4 is 15.5 Å². The molecule has 0 bridgehead atoms. The summed E-state index contributed by atoms with van der Waals surface area (Å²) < 4.78 is 41.0. The second-order valence-electron chi connectivity index (χ2n) is 8.56. The van der Waals surface area contributed by atoms with Crippen LogP contribution >= 0.6 is 0 Å². The Bertz CT molecular complexity index is 1200. The van der Waals surface area contributed by atoms with Crippen LogP contribution in [-0.4, -0.2) is 40.0 Å². The topological polar surface area (TPSA) is 83.0 Å². The SMILES string of the molecule is CC(=O)NC1CCN(c2cc3c(N[C@H](C)c4cccc(C(F)F)c4F)nc(C)nc3cn2)CC1. The van der Waals surface area contributed by atoms with Gasteiger partial charge >= 0.3 is 0 Å². The van der Waals surface area contributed by atoms with Crippen LogP contribution in [0.3, 0.4) is 0 Å². The molecule has 10 heteroatoms. The lowest BCUT2D eigenvalue weighted by Gasteiger charge is -2.33. The maximum atomic E-state index is 14.7. The summed E-state index contributed by atoms with van der Waals surface area (Å²) in [6, 6.07) is 5.43. The molecule has 0 aliphatic carbocycles. The average molecular weight is 473 g/mol. The van der Waals surface area contributed by atoms with Gasteiger partial charge in [0.2, 0.25) is 5.91 Å². The van der Waals surface area contributed by atoms with Gasteiger partial charge in [0.15, 0.2) is 0 Å². The molecule has 1 amide bonds. The first-order chi connectivity index (χ1) is 16.2. The number of benzene rings is 1. The van der Waals surface area contributed by atoms with Gasteiger partial charge in [0, 0.05) is 37.0 Å². The molecule has 7 nitrogen and oxygen atoms in total. The van der Waals surface area contributed by atoms with Gasteiger partial charge in [-0.05, 0) is 32.8 Å². The number of pyridine rings is 1. The Morgan fingerprint density at radius 2 is 1.88 bits per heavy atom. The van der Waals surface area contributed by atoms with Crippen molar-refractivity contribution in [2.45, 2.75) is 52.1 Å². The number of alkyl halides is 2. The molecule has 4 rings (SSSR count). The highest BCUT2D eigenvalue weighted by atomic mass is 19.3. The molecule has 3 heterocycles. The Hall–Kier alpha value is -3.43. The number of aromatic nitrogens is 3. The number of aryl methyl sites for hydroxylation is 1. The highest BCUT2D eigenvalue weighted by Gasteiger charge is 2.23. The minimum Gasteiger partial charge on any atom is -0.363 e. The van der Waals surface area contributed by atoms with Crippen LogP contribution in [0.5, 0.6) is 0 Å². The first kappa shape index (κ1) is 23.7. The third-order valence-corrected chi connectivity index (χ3v) is 6.02. The van der Waals surface area contributed by atoms with Gasteiger partial charge in [0.1, 0.15) is 23.3 Å². The van der Waals surface area contributed by atoms with Crippen LogP contribution in [0, 0.1) is 12.7 Å². The first-order valence-corrected chi connectivity index (χ1v) is 11.2. The van der Waals surface area contributed by atoms with Crippen molar-refractivity contribution < 1.29 is 18.0 Å². The molecule has 1 aromatic carbocycles. The maximum absolute atomic E-state index is 14.7. The standard InChI is InChI=1S/C24H27F3N6O/c1-13(17-5-4-6-18(22(17)25)23(26)27)29-24-19-11-21(28-12-20(19)30-14(2)31-24)33-9-7-16(8-10-33)32-15(3)34/h4-6,11-13,16,23H,7-10H2,1-3H3,(H,32,34)(H,29,30,31)/t13-/m1/s1. The molecule has 1 fully saturated rings. The van der Waals surface area contributed by atoms with Gasteiger partial charge < -0.3 is 15.5 Å². The van der Waals surface area contributed by atoms with Crippen LogP contribution in [0.4, 0.5) is 24.8 Å². The fraction of sp³-hybridized carbons (Fsp3) is 0.417. The monoisotopic (exact) mass is 472 g/mol. The van der Waals surface area contributed by atoms with Crippen LogP contribution in [0.25, 0.3) is 10.9 Å². The summed E-state index contributed by atoms with van der Waals surface area (Å²) in [5.41, 5.74) is 0.140. The molecular weight excluding hydrogens is 445 g/mol. The Morgan fingerprint density at radius 3 is 2.56 bits per heavy atom. The van der Waals surface area contributed by atoms with E-state index in [2.05, 4.69) is 30.5 Å². The lowest BCUT2D eigenvalue weighted by Crippen LogP contribution is -2.44. The lowest BCUT2D eigenvalue weighted by atomic mass is 10.0. The molecule has 1 atom stereocenters. The Labute approximate surface area is 195 Å². The zero-order valence-electron chi connectivity index (χ0n) is 19.3. The lowest BCUT2D eigenvalue weighted by molar-refractivity contribution is -0.119. The van der Waals surface area contributed by atoms with E-state index < -0.39 is 23.8 Å². The van der Waals surface area contributed by atoms with Crippen molar-refractivity contribution >= 4 is 28.4 Å². The number of nitrogens with one attached hydrogen (secondary N) is 2. The van der Waals surface area contributed by atoms with E-state index in [0.29, 0.717) is 22.5 Å². The highest BCUT2D eigenvalue weighted by molar-refractivity contribution is 5.90. The van der Waals surface area contributed by atoms with E-state index in [9.17, 15) is 18.0 Å². The molecule has 34 heavy (non-hydrogen) atoms. The number of halogens is 3. The number of nitrogens with zero attached hydrogens (tertiary/aromatic N) is 4. The summed E-state index contributed by atoms with van der Waals surface area (Å²) in [4.78, 5) is 27.0. The number of hydrogen-bond acceptors (Lipinski definition) is 6. The van der Waals surface area contributed by atoms with E-state index in [-0.39, 0.29) is 17.5 Å². The molecule has 3 aromatic rings. The quantitative estimate of drug-likeness (QED) is 0.542. The second kappa shape index (κ2) is 9.82. The first-order valence-electron chi connectivity index (χ1n) is 11.2. The number of fused-ring (bicyclic) bond motifs is 1. The number of carbonyl (C=O) groups is 1. The van der Waals surface area contributed by atoms with Gasteiger partial charge in [-0.25, -0.2) is 28.1 Å². The molecule has 0 saturated carbocycles. The van der Waals surface area contributed by atoms with E-state index in [0.717, 1.165) is 37.8 Å². The fourth-order valence-corrected chi connectivity index (χ4v) is 4.31. The Kier molecular flexibility index (Phi) is 6.85. The van der Waals surface area contributed by atoms with Crippen molar-refractivity contribution in [1.82, 2.24) is 20.3 Å². The van der Waals surface area contributed by atoms with Crippen molar-refractivity contribution in [2.75, 3.05) is 23.3 Å². The van der Waals surface area contributed by atoms with Gasteiger partial charge in [-0.1, -0.05) is 18.2 Å². The molecule has 180 valence electrons. The number of rotatable bonds is 6. The van der Waals surface area contributed by atoms with Crippen LogP contribution in [0.1, 0.15) is 56.1 Å². The molecule has 2 N–H and O–H groups in total. The molecule has 1 saturated heterocycles. The second-order valence-corrected chi connectivity index (χ2v) is 8.56. The molecule has 1 aliphatic rings. The summed E-state index contributed by atoms with van der Waals surface area (Å²) in [6.07, 6.45) is 0.405. The predicted octanol–water partition coefficient (Wildman–Crippen LogP) is 4.69. The minimum absolute atomic E-state index is 0.0323. The van der Waals surface area contributed by atoms with E-state index in [1.165, 1.54) is 19.1 Å². The van der Waals surface area contributed by atoms with Gasteiger partial charge in [0.05, 0.1) is 23.3 Å². The summed E-state index contributed by atoms with van der Waals surface area (Å²) in [7, 11) is 0. The van der Waals surface area contributed by atoms with Crippen molar-refractivity contribution in [3.05, 3.63) is 53.2 Å². The normalized spacial score (nSPS) is 15.6. The smallest absolute Gasteiger partial charge is 0.266 e. The molecule has 1 aliphatic heterocycles. The maximum Gasteiger partial charge on any atom is 0.266 e. The van der Waals surface area contributed by atoms with Gasteiger partial charge in [0.25, 0.3) is 6.43 Å². The number of anilines is 2. The third kappa shape index (κ3) is 5.05. The minimum atomic E-state index is -2.89. The Morgan fingerprint density at radius 1 is 1.18 bits per heavy atom. The zero-order valence-corrected chi connectivity index (χ0v) is 19.3.